The Morgan fingerprint density at radius 3 is 2.66 bits per heavy atom. The van der Waals surface area contributed by atoms with Gasteiger partial charge in [0.25, 0.3) is 5.56 Å². The summed E-state index contributed by atoms with van der Waals surface area (Å²) in [6, 6.07) is 14.2. The molecule has 38 heavy (non-hydrogen) atoms. The predicted molar refractivity (Wildman–Crippen MR) is 133 cm³/mol. The molecule has 2 aromatic carbocycles. The van der Waals surface area contributed by atoms with Gasteiger partial charge in [0.15, 0.2) is 12.0 Å². The van der Waals surface area contributed by atoms with E-state index in [2.05, 4.69) is 9.97 Å². The third-order valence-corrected chi connectivity index (χ3v) is 5.42. The highest BCUT2D eigenvalue weighted by Gasteiger charge is 2.38. The number of nitrogens with one attached hydrogen (secondary N) is 1. The second-order valence-electron chi connectivity index (χ2n) is 7.90. The second-order valence-corrected chi connectivity index (χ2v) is 8.34. The topological polar surface area (TPSA) is 122 Å². The fourth-order valence-electron chi connectivity index (χ4n) is 3.51. The molecule has 0 atom stereocenters. The molecule has 2 heterocycles. The average Bonchev–Trinajstić information content (AvgIpc) is 2.88. The van der Waals surface area contributed by atoms with Crippen LogP contribution in [0.25, 0.3) is 16.5 Å². The molecular formula is C26H15ClF3N5O3. The number of hydrogen-bond donors (Lipinski definition) is 1. The first kappa shape index (κ1) is 26.2. The molecule has 2 aromatic heterocycles. The van der Waals surface area contributed by atoms with Gasteiger partial charge in [0.05, 0.1) is 35.7 Å². The number of carbonyl (C=O) groups is 1. The maximum atomic E-state index is 13.6. The van der Waals surface area contributed by atoms with Crippen molar-refractivity contribution in [2.75, 3.05) is 0 Å². The molecule has 4 aromatic rings. The number of para-hydroxylation sites is 1. The largest absolute Gasteiger partial charge is 0.449 e. The highest BCUT2D eigenvalue weighted by molar-refractivity contribution is 6.30. The number of halogens is 4. The van der Waals surface area contributed by atoms with Gasteiger partial charge in [0.1, 0.15) is 5.75 Å². The van der Waals surface area contributed by atoms with Gasteiger partial charge in [0.2, 0.25) is 5.75 Å². The van der Waals surface area contributed by atoms with Crippen LogP contribution >= 0.6 is 11.6 Å². The van der Waals surface area contributed by atoms with E-state index in [1.54, 1.807) is 30.3 Å². The normalized spacial score (nSPS) is 11.7. The van der Waals surface area contributed by atoms with Gasteiger partial charge in [-0.2, -0.15) is 18.4 Å². The zero-order valence-electron chi connectivity index (χ0n) is 19.2. The number of hydrogen-bond acceptors (Lipinski definition) is 7. The Bertz CT molecular complexity index is 1710. The summed E-state index contributed by atoms with van der Waals surface area (Å²) in [4.78, 5) is 32.3. The quantitative estimate of drug-likeness (QED) is 0.190. The molecule has 0 unspecified atom stereocenters. The molecule has 190 valence electrons. The molecular weight excluding hydrogens is 523 g/mol. The maximum Gasteiger partial charge on any atom is 0.437 e. The number of aromatic nitrogens is 3. The summed E-state index contributed by atoms with van der Waals surface area (Å²) < 4.78 is 46.8. The lowest BCUT2D eigenvalue weighted by molar-refractivity contribution is -0.142. The van der Waals surface area contributed by atoms with E-state index in [0.717, 1.165) is 22.1 Å². The zero-order valence-corrected chi connectivity index (χ0v) is 19.9. The SMILES string of the molecule is N#Cc1cc(Cl)cc(Oc2c(C(F)(F)F)ncn(CC(=N)/C=C(\C=O)c3cnc4ccccc4c3)c2=O)c1. The molecule has 12 heteroatoms. The van der Waals surface area contributed by atoms with Crippen LogP contribution in [0, 0.1) is 16.7 Å². The molecule has 8 nitrogen and oxygen atoms in total. The van der Waals surface area contributed by atoms with Gasteiger partial charge in [-0.25, -0.2) is 4.98 Å². The molecule has 0 spiro atoms. The van der Waals surface area contributed by atoms with Gasteiger partial charge in [-0.1, -0.05) is 29.8 Å². The van der Waals surface area contributed by atoms with Gasteiger partial charge >= 0.3 is 6.18 Å². The van der Waals surface area contributed by atoms with Crippen LogP contribution in [0.15, 0.2) is 71.9 Å². The summed E-state index contributed by atoms with van der Waals surface area (Å²) in [5, 5.41) is 18.1. The van der Waals surface area contributed by atoms with Crippen LogP contribution in [-0.4, -0.2) is 26.5 Å². The molecule has 0 aliphatic carbocycles. The van der Waals surface area contributed by atoms with Gasteiger partial charge < -0.3 is 10.1 Å². The number of pyridine rings is 1. The van der Waals surface area contributed by atoms with Crippen LogP contribution in [-0.2, 0) is 17.5 Å². The molecule has 0 radical (unpaired) electrons. The molecule has 0 saturated heterocycles. The van der Waals surface area contributed by atoms with E-state index >= 15 is 0 Å². The lowest BCUT2D eigenvalue weighted by Crippen LogP contribution is -2.28. The minimum Gasteiger partial charge on any atom is -0.449 e. The Hall–Kier alpha value is -4.82. The summed E-state index contributed by atoms with van der Waals surface area (Å²) in [6.45, 7) is -0.516. The highest BCUT2D eigenvalue weighted by atomic mass is 35.5. The Morgan fingerprint density at radius 2 is 1.95 bits per heavy atom. The maximum absolute atomic E-state index is 13.6. The molecule has 0 saturated carbocycles. The number of nitrogens with zero attached hydrogens (tertiary/aromatic N) is 4. The predicted octanol–water partition coefficient (Wildman–Crippen LogP) is 5.43. The third kappa shape index (κ3) is 5.77. The Kier molecular flexibility index (Phi) is 7.36. The number of allylic oxidation sites excluding steroid dienone is 2. The van der Waals surface area contributed by atoms with E-state index in [1.807, 2.05) is 6.07 Å². The fourth-order valence-corrected chi connectivity index (χ4v) is 3.74. The molecule has 0 bridgehead atoms. The first-order chi connectivity index (χ1) is 18.1. The van der Waals surface area contributed by atoms with E-state index < -0.39 is 29.7 Å². The van der Waals surface area contributed by atoms with E-state index in [9.17, 15) is 22.8 Å². The van der Waals surface area contributed by atoms with Crippen LogP contribution in [0.3, 0.4) is 0 Å². The van der Waals surface area contributed by atoms with Crippen molar-refractivity contribution in [1.82, 2.24) is 14.5 Å². The Morgan fingerprint density at radius 1 is 1.18 bits per heavy atom. The van der Waals surface area contributed by atoms with Crippen LogP contribution in [0.4, 0.5) is 13.2 Å². The number of ether oxygens (including phenoxy) is 1. The number of alkyl halides is 3. The van der Waals surface area contributed by atoms with Gasteiger partial charge in [-0.15, -0.1) is 0 Å². The standard InChI is InChI=1S/C26H15ClF3N5O3/c27-19-5-15(10-31)6-21(9-19)38-23-24(26(28,29)30)34-14-35(25(23)37)12-20(32)8-18(13-36)17-7-16-3-1-2-4-22(16)33-11-17/h1-9,11,13-14,32H,12H2/b18-8+,32-20?. The van der Waals surface area contributed by atoms with Crippen molar-refractivity contribution in [3.8, 4) is 17.6 Å². The van der Waals surface area contributed by atoms with Crippen molar-refractivity contribution in [1.29, 1.82) is 10.7 Å². The average molecular weight is 538 g/mol. The summed E-state index contributed by atoms with van der Waals surface area (Å²) >= 11 is 5.89. The zero-order chi connectivity index (χ0) is 27.4. The molecule has 1 N–H and O–H groups in total. The second kappa shape index (κ2) is 10.7. The van der Waals surface area contributed by atoms with E-state index in [4.69, 9.17) is 27.0 Å². The van der Waals surface area contributed by atoms with Gasteiger partial charge in [-0.3, -0.25) is 19.1 Å². The molecule has 0 aliphatic rings. The first-order valence-corrected chi connectivity index (χ1v) is 11.1. The summed E-state index contributed by atoms with van der Waals surface area (Å²) in [5.41, 5.74) is -1.89. The Labute approximate surface area is 217 Å². The molecule has 0 amide bonds. The Balaban J connectivity index is 1.69. The van der Waals surface area contributed by atoms with Crippen LogP contribution in [0.2, 0.25) is 5.02 Å². The summed E-state index contributed by atoms with van der Waals surface area (Å²) in [5.74, 6) is -1.43. The number of fused-ring (bicyclic) bond motifs is 1. The van der Waals surface area contributed by atoms with Gasteiger partial charge in [0, 0.05) is 27.7 Å². The van der Waals surface area contributed by atoms with Crippen molar-refractivity contribution >= 4 is 40.1 Å². The van der Waals surface area contributed by atoms with Crippen molar-refractivity contribution in [2.24, 2.45) is 0 Å². The van der Waals surface area contributed by atoms with Gasteiger partial charge in [-0.05, 0) is 36.4 Å². The number of aldehydes is 1. The van der Waals surface area contributed by atoms with Crippen molar-refractivity contribution in [3.05, 3.63) is 99.3 Å². The van der Waals surface area contributed by atoms with Crippen LogP contribution < -0.4 is 10.3 Å². The van der Waals surface area contributed by atoms with E-state index in [-0.39, 0.29) is 27.6 Å². The van der Waals surface area contributed by atoms with Crippen molar-refractivity contribution in [2.45, 2.75) is 12.7 Å². The number of benzene rings is 2. The van der Waals surface area contributed by atoms with E-state index in [0.29, 0.717) is 23.7 Å². The summed E-state index contributed by atoms with van der Waals surface area (Å²) in [7, 11) is 0. The fraction of sp³-hybridized carbons (Fsp3) is 0.0769. The molecule has 0 aliphatic heterocycles. The number of rotatable bonds is 7. The smallest absolute Gasteiger partial charge is 0.437 e. The molecule has 4 rings (SSSR count). The number of carbonyl (C=O) groups excluding carboxylic acids is 1. The lowest BCUT2D eigenvalue weighted by atomic mass is 10.0. The first-order valence-electron chi connectivity index (χ1n) is 10.7. The van der Waals surface area contributed by atoms with Crippen molar-refractivity contribution < 1.29 is 22.7 Å². The molecule has 0 fully saturated rings. The van der Waals surface area contributed by atoms with Crippen LogP contribution in [0.1, 0.15) is 16.8 Å². The minimum absolute atomic E-state index is 0.00163. The highest BCUT2D eigenvalue weighted by Crippen LogP contribution is 2.35. The monoisotopic (exact) mass is 537 g/mol. The third-order valence-electron chi connectivity index (χ3n) is 5.21. The minimum atomic E-state index is -5.04. The lowest BCUT2D eigenvalue weighted by Gasteiger charge is -2.15. The number of nitriles is 1. The van der Waals surface area contributed by atoms with Crippen LogP contribution in [0.5, 0.6) is 11.5 Å². The van der Waals surface area contributed by atoms with E-state index in [1.165, 1.54) is 18.3 Å². The summed E-state index contributed by atoms with van der Waals surface area (Å²) in [6.07, 6.45) is -1.26. The van der Waals surface area contributed by atoms with Crippen molar-refractivity contribution in [3.63, 3.8) is 0 Å².